The molecule has 3 unspecified atom stereocenters. The zero-order valence-corrected chi connectivity index (χ0v) is 12.1. The van der Waals surface area contributed by atoms with Gasteiger partial charge in [0, 0.05) is 25.5 Å². The molecule has 1 aromatic rings. The second kappa shape index (κ2) is 4.87. The van der Waals surface area contributed by atoms with Gasteiger partial charge in [0.1, 0.15) is 0 Å². The highest BCUT2D eigenvalue weighted by atomic mass is 16.4. The summed E-state index contributed by atoms with van der Waals surface area (Å²) < 4.78 is 1.95. The first-order valence-corrected chi connectivity index (χ1v) is 6.80. The zero-order valence-electron chi connectivity index (χ0n) is 12.1. The molecule has 1 aliphatic rings. The number of rotatable bonds is 3. The van der Waals surface area contributed by atoms with Crippen molar-refractivity contribution in [2.75, 3.05) is 5.32 Å². The number of hydrogen-bond acceptors (Lipinski definition) is 3. The largest absolute Gasteiger partial charge is 0.481 e. The first-order chi connectivity index (χ1) is 8.84. The first-order valence-electron chi connectivity index (χ1n) is 6.80. The molecule has 5 nitrogen and oxygen atoms in total. The molecule has 19 heavy (non-hydrogen) atoms. The summed E-state index contributed by atoms with van der Waals surface area (Å²) in [4.78, 5) is 15.6. The summed E-state index contributed by atoms with van der Waals surface area (Å²) in [5.41, 5.74) is -0.215. The summed E-state index contributed by atoms with van der Waals surface area (Å²) >= 11 is 0. The molecule has 0 aromatic carbocycles. The number of imidazole rings is 1. The second-order valence-corrected chi connectivity index (χ2v) is 6.19. The summed E-state index contributed by atoms with van der Waals surface area (Å²) in [6, 6.07) is 0.270. The van der Waals surface area contributed by atoms with E-state index in [1.54, 1.807) is 6.20 Å². The van der Waals surface area contributed by atoms with Gasteiger partial charge in [0.2, 0.25) is 5.95 Å². The lowest BCUT2D eigenvalue weighted by Crippen LogP contribution is -2.48. The predicted octanol–water partition coefficient (Wildman–Crippen LogP) is 2.36. The number of aliphatic carboxylic acids is 1. The van der Waals surface area contributed by atoms with Crippen molar-refractivity contribution in [2.24, 2.45) is 24.3 Å². The number of carbonyl (C=O) groups is 1. The minimum atomic E-state index is -0.674. The van der Waals surface area contributed by atoms with Crippen LogP contribution in [-0.2, 0) is 11.8 Å². The van der Waals surface area contributed by atoms with Crippen molar-refractivity contribution >= 4 is 11.9 Å². The molecule has 0 radical (unpaired) electrons. The molecule has 0 amide bonds. The van der Waals surface area contributed by atoms with E-state index in [2.05, 4.69) is 31.1 Å². The van der Waals surface area contributed by atoms with Crippen molar-refractivity contribution < 1.29 is 9.90 Å². The van der Waals surface area contributed by atoms with E-state index >= 15 is 0 Å². The van der Waals surface area contributed by atoms with Gasteiger partial charge in [0.15, 0.2) is 0 Å². The van der Waals surface area contributed by atoms with Gasteiger partial charge in [-0.25, -0.2) is 4.98 Å². The maximum Gasteiger partial charge on any atom is 0.307 e. The van der Waals surface area contributed by atoms with Gasteiger partial charge in [-0.1, -0.05) is 20.8 Å². The van der Waals surface area contributed by atoms with E-state index in [-0.39, 0.29) is 23.3 Å². The Labute approximate surface area is 114 Å². The zero-order chi connectivity index (χ0) is 14.2. The third-order valence-corrected chi connectivity index (χ3v) is 4.88. The lowest BCUT2D eigenvalue weighted by atomic mass is 9.61. The smallest absolute Gasteiger partial charge is 0.307 e. The van der Waals surface area contributed by atoms with Gasteiger partial charge < -0.3 is 15.0 Å². The molecule has 2 rings (SSSR count). The van der Waals surface area contributed by atoms with Gasteiger partial charge in [-0.15, -0.1) is 0 Å². The molecule has 3 atom stereocenters. The van der Waals surface area contributed by atoms with Crippen LogP contribution in [0, 0.1) is 17.3 Å². The van der Waals surface area contributed by atoms with Gasteiger partial charge in [-0.3, -0.25) is 4.79 Å². The van der Waals surface area contributed by atoms with Crippen molar-refractivity contribution in [2.45, 2.75) is 39.7 Å². The predicted molar refractivity (Wildman–Crippen MR) is 73.9 cm³/mol. The van der Waals surface area contributed by atoms with Crippen LogP contribution in [0.25, 0.3) is 0 Å². The topological polar surface area (TPSA) is 67.2 Å². The van der Waals surface area contributed by atoms with E-state index in [1.165, 1.54) is 0 Å². The average molecular weight is 265 g/mol. The Morgan fingerprint density at radius 1 is 1.53 bits per heavy atom. The van der Waals surface area contributed by atoms with Crippen molar-refractivity contribution in [3.05, 3.63) is 12.4 Å². The minimum Gasteiger partial charge on any atom is -0.481 e. The van der Waals surface area contributed by atoms with E-state index in [1.807, 2.05) is 17.8 Å². The van der Waals surface area contributed by atoms with Gasteiger partial charge in [0.05, 0.1) is 5.92 Å². The fourth-order valence-corrected chi connectivity index (χ4v) is 3.11. The molecule has 0 spiro atoms. The average Bonchev–Trinajstić information content (AvgIpc) is 2.70. The third kappa shape index (κ3) is 2.46. The molecular weight excluding hydrogens is 242 g/mol. The Morgan fingerprint density at radius 2 is 2.21 bits per heavy atom. The van der Waals surface area contributed by atoms with Crippen molar-refractivity contribution in [3.8, 4) is 0 Å². The Kier molecular flexibility index (Phi) is 3.56. The number of aromatic nitrogens is 2. The summed E-state index contributed by atoms with van der Waals surface area (Å²) in [6.45, 7) is 6.25. The van der Waals surface area contributed by atoms with Crippen molar-refractivity contribution in [1.29, 1.82) is 0 Å². The van der Waals surface area contributed by atoms with Crippen LogP contribution in [-0.4, -0.2) is 26.7 Å². The summed E-state index contributed by atoms with van der Waals surface area (Å²) in [5.74, 6) is 0.190. The number of hydrogen-bond donors (Lipinski definition) is 2. The highest BCUT2D eigenvalue weighted by Crippen LogP contribution is 2.45. The summed E-state index contributed by atoms with van der Waals surface area (Å²) in [5, 5.41) is 12.8. The minimum absolute atomic E-state index is 0.215. The van der Waals surface area contributed by atoms with E-state index < -0.39 is 5.97 Å². The van der Waals surface area contributed by atoms with Crippen molar-refractivity contribution in [3.63, 3.8) is 0 Å². The molecule has 1 saturated carbocycles. The second-order valence-electron chi connectivity index (χ2n) is 6.19. The Bertz CT molecular complexity index is 467. The molecule has 0 bridgehead atoms. The monoisotopic (exact) mass is 265 g/mol. The number of anilines is 1. The lowest BCUT2D eigenvalue weighted by Gasteiger charge is -2.46. The molecule has 1 fully saturated rings. The Balaban J connectivity index is 2.14. The Morgan fingerprint density at radius 3 is 2.74 bits per heavy atom. The summed E-state index contributed by atoms with van der Waals surface area (Å²) in [7, 11) is 1.95. The molecule has 2 N–H and O–H groups in total. The fourth-order valence-electron chi connectivity index (χ4n) is 3.11. The molecule has 0 aliphatic heterocycles. The van der Waals surface area contributed by atoms with Gasteiger partial charge in [-0.05, 0) is 24.2 Å². The van der Waals surface area contributed by atoms with Crippen LogP contribution < -0.4 is 5.32 Å². The maximum absolute atomic E-state index is 11.4. The van der Waals surface area contributed by atoms with Gasteiger partial charge in [-0.2, -0.15) is 0 Å². The lowest BCUT2D eigenvalue weighted by molar-refractivity contribution is -0.149. The normalized spacial score (nSPS) is 30.0. The fraction of sp³-hybridized carbons (Fsp3) is 0.714. The number of nitrogens with one attached hydrogen (secondary N) is 1. The Hall–Kier alpha value is -1.52. The molecule has 1 aliphatic carbocycles. The van der Waals surface area contributed by atoms with Crippen LogP contribution in [0.3, 0.4) is 0 Å². The van der Waals surface area contributed by atoms with Gasteiger partial charge >= 0.3 is 5.97 Å². The van der Waals surface area contributed by atoms with Gasteiger partial charge in [0.25, 0.3) is 0 Å². The van der Waals surface area contributed by atoms with Crippen LogP contribution in [0.15, 0.2) is 12.4 Å². The van der Waals surface area contributed by atoms with Crippen LogP contribution in [0.2, 0.25) is 0 Å². The van der Waals surface area contributed by atoms with E-state index in [4.69, 9.17) is 0 Å². The molecular formula is C14H23N3O2. The van der Waals surface area contributed by atoms with Crippen LogP contribution >= 0.6 is 0 Å². The quantitative estimate of drug-likeness (QED) is 0.880. The number of carboxylic acids is 1. The SMILES string of the molecule is CC1C(Nc2nccn2C)CCC(C(=O)O)C1(C)C. The molecule has 5 heteroatoms. The van der Waals surface area contributed by atoms with Crippen LogP contribution in [0.1, 0.15) is 33.6 Å². The number of carboxylic acid groups (broad SMARTS) is 1. The highest BCUT2D eigenvalue weighted by Gasteiger charge is 2.46. The summed E-state index contributed by atoms with van der Waals surface area (Å²) in [6.07, 6.45) is 5.26. The molecule has 106 valence electrons. The maximum atomic E-state index is 11.4. The van der Waals surface area contributed by atoms with E-state index in [9.17, 15) is 9.90 Å². The van der Waals surface area contributed by atoms with E-state index in [0.29, 0.717) is 0 Å². The highest BCUT2D eigenvalue weighted by molar-refractivity contribution is 5.71. The van der Waals surface area contributed by atoms with Crippen molar-refractivity contribution in [1.82, 2.24) is 9.55 Å². The number of nitrogens with zero attached hydrogens (tertiary/aromatic N) is 2. The molecule has 1 heterocycles. The first kappa shape index (κ1) is 13.9. The van der Waals surface area contributed by atoms with Crippen LogP contribution in [0.4, 0.5) is 5.95 Å². The van der Waals surface area contributed by atoms with E-state index in [0.717, 1.165) is 18.8 Å². The molecule has 1 aromatic heterocycles. The standard InChI is InChI=1S/C14H23N3O2/c1-9-11(16-13-15-7-8-17(13)4)6-5-10(12(18)19)14(9,2)3/h7-11H,5-6H2,1-4H3,(H,15,16)(H,18,19). The number of aryl methyl sites for hydroxylation is 1. The molecule has 0 saturated heterocycles. The van der Waals surface area contributed by atoms with Crippen LogP contribution in [0.5, 0.6) is 0 Å². The third-order valence-electron chi connectivity index (χ3n) is 4.88.